The molecule has 1 saturated carbocycles. The molecule has 0 bridgehead atoms. The van der Waals surface area contributed by atoms with Gasteiger partial charge >= 0.3 is 0 Å². The molecule has 1 aliphatic heterocycles. The smallest absolute Gasteiger partial charge is 0.123 e. The minimum atomic E-state index is -0.411. The fourth-order valence-corrected chi connectivity index (χ4v) is 8.74. The molecule has 2 fully saturated rings. The summed E-state index contributed by atoms with van der Waals surface area (Å²) in [7, 11) is -0.411. The van der Waals surface area contributed by atoms with Gasteiger partial charge in [-0.1, -0.05) is 75.7 Å². The van der Waals surface area contributed by atoms with Crippen molar-refractivity contribution < 1.29 is 4.39 Å². The van der Waals surface area contributed by atoms with Crippen LogP contribution >= 0.6 is 0 Å². The zero-order valence-electron chi connectivity index (χ0n) is 14.1. The van der Waals surface area contributed by atoms with Gasteiger partial charge in [-0.3, -0.25) is 0 Å². The molecule has 0 unspecified atom stereocenters. The summed E-state index contributed by atoms with van der Waals surface area (Å²) in [5.74, 6) is 0.771. The first kappa shape index (κ1) is 16.2. The molecule has 22 heavy (non-hydrogen) atoms. The molecule has 0 spiro atoms. The van der Waals surface area contributed by atoms with E-state index in [9.17, 15) is 4.39 Å². The van der Waals surface area contributed by atoms with E-state index in [0.29, 0.717) is 5.41 Å². The minimum absolute atomic E-state index is 0.0891. The lowest BCUT2D eigenvalue weighted by atomic mass is 9.60. The fourth-order valence-electron chi connectivity index (χ4n) is 5.31. The molecule has 122 valence electrons. The normalized spacial score (nSPS) is 28.5. The fraction of sp³-hybridized carbons (Fsp3) is 0.700. The molecule has 0 nitrogen and oxygen atoms in total. The first-order valence-corrected chi connectivity index (χ1v) is 12.0. The van der Waals surface area contributed by atoms with Crippen LogP contribution in [0.1, 0.15) is 63.9 Å². The van der Waals surface area contributed by atoms with Gasteiger partial charge in [-0.25, -0.2) is 4.39 Å². The van der Waals surface area contributed by atoms with E-state index in [0.717, 1.165) is 5.92 Å². The van der Waals surface area contributed by atoms with E-state index in [1.54, 1.807) is 30.3 Å². The van der Waals surface area contributed by atoms with Crippen molar-refractivity contribution in [1.29, 1.82) is 0 Å². The first-order chi connectivity index (χ1) is 10.7. The average molecular weight is 319 g/mol. The highest BCUT2D eigenvalue weighted by Gasteiger charge is 2.42. The number of benzene rings is 1. The van der Waals surface area contributed by atoms with Crippen molar-refractivity contribution in [1.82, 2.24) is 0 Å². The van der Waals surface area contributed by atoms with E-state index in [2.05, 4.69) is 19.1 Å². The van der Waals surface area contributed by atoms with Gasteiger partial charge in [0.05, 0.1) is 0 Å². The molecule has 1 heterocycles. The summed E-state index contributed by atoms with van der Waals surface area (Å²) in [6.07, 6.45) is 11.1. The number of rotatable bonds is 4. The molecule has 1 aliphatic carbocycles. The van der Waals surface area contributed by atoms with Crippen LogP contribution in [0.4, 0.5) is 4.39 Å². The summed E-state index contributed by atoms with van der Waals surface area (Å²) >= 11 is 0. The van der Waals surface area contributed by atoms with E-state index in [1.807, 2.05) is 0 Å². The van der Waals surface area contributed by atoms with Crippen molar-refractivity contribution in [2.75, 3.05) is 0 Å². The third kappa shape index (κ3) is 3.32. The Bertz CT molecular complexity index is 453. The average Bonchev–Trinajstić information content (AvgIpc) is 2.57. The lowest BCUT2D eigenvalue weighted by Gasteiger charge is -2.47. The summed E-state index contributed by atoms with van der Waals surface area (Å²) in [5, 5.41) is 0. The van der Waals surface area contributed by atoms with Crippen LogP contribution in [0.15, 0.2) is 24.3 Å². The SMILES string of the molecule is CCC[SiH]1CCC(C2(c3ccc(F)cc3)CCCCC2)CC1. The van der Waals surface area contributed by atoms with Crippen molar-refractivity contribution in [3.63, 3.8) is 0 Å². The maximum Gasteiger partial charge on any atom is 0.123 e. The monoisotopic (exact) mass is 318 g/mol. The molecule has 1 saturated heterocycles. The summed E-state index contributed by atoms with van der Waals surface area (Å²) in [6.45, 7) is 2.35. The Morgan fingerprint density at radius 1 is 1.05 bits per heavy atom. The highest BCUT2D eigenvalue weighted by Crippen LogP contribution is 2.50. The Kier molecular flexibility index (Phi) is 5.38. The molecule has 1 aromatic carbocycles. The van der Waals surface area contributed by atoms with Crippen molar-refractivity contribution >= 4 is 8.80 Å². The van der Waals surface area contributed by atoms with Gasteiger partial charge < -0.3 is 0 Å². The zero-order valence-corrected chi connectivity index (χ0v) is 15.3. The van der Waals surface area contributed by atoms with Crippen LogP contribution in [0.25, 0.3) is 0 Å². The van der Waals surface area contributed by atoms with Crippen LogP contribution in [0, 0.1) is 11.7 Å². The maximum atomic E-state index is 13.4. The predicted octanol–water partition coefficient (Wildman–Crippen LogP) is 6.07. The Labute approximate surface area is 137 Å². The van der Waals surface area contributed by atoms with Gasteiger partial charge in [0.25, 0.3) is 0 Å². The lowest BCUT2D eigenvalue weighted by Crippen LogP contribution is -2.40. The van der Waals surface area contributed by atoms with Gasteiger partial charge in [-0.15, -0.1) is 0 Å². The van der Waals surface area contributed by atoms with Crippen LogP contribution in [-0.2, 0) is 5.41 Å². The third-order valence-corrected chi connectivity index (χ3v) is 10.2. The van der Waals surface area contributed by atoms with Crippen LogP contribution < -0.4 is 0 Å². The van der Waals surface area contributed by atoms with Gasteiger partial charge in [0.2, 0.25) is 0 Å². The molecule has 1 aromatic rings. The van der Waals surface area contributed by atoms with Gasteiger partial charge in [0.1, 0.15) is 5.82 Å². The van der Waals surface area contributed by atoms with Gasteiger partial charge in [0.15, 0.2) is 0 Å². The topological polar surface area (TPSA) is 0 Å². The maximum absolute atomic E-state index is 13.4. The van der Waals surface area contributed by atoms with Gasteiger partial charge in [-0.2, -0.15) is 0 Å². The second kappa shape index (κ2) is 7.29. The van der Waals surface area contributed by atoms with E-state index < -0.39 is 8.80 Å². The Balaban J connectivity index is 1.79. The molecule has 2 heteroatoms. The number of halogens is 1. The highest BCUT2D eigenvalue weighted by molar-refractivity contribution is 6.58. The molecule has 0 amide bonds. The summed E-state index contributed by atoms with van der Waals surface area (Å²) < 4.78 is 13.4. The quantitative estimate of drug-likeness (QED) is 0.591. The molecule has 0 aromatic heterocycles. The standard InChI is InChI=1S/C20H31FSi/c1-2-14-22-15-10-18(11-16-22)20(12-4-3-5-13-20)17-6-8-19(21)9-7-17/h6-9,18,22H,2-5,10-16H2,1H3. The first-order valence-electron chi connectivity index (χ1n) is 9.50. The molecule has 3 rings (SSSR count). The Morgan fingerprint density at radius 3 is 2.27 bits per heavy atom. The van der Waals surface area contributed by atoms with Gasteiger partial charge in [0, 0.05) is 8.80 Å². The van der Waals surface area contributed by atoms with E-state index in [1.165, 1.54) is 56.9 Å². The van der Waals surface area contributed by atoms with Crippen molar-refractivity contribution in [3.8, 4) is 0 Å². The van der Waals surface area contributed by atoms with E-state index >= 15 is 0 Å². The molecule has 0 radical (unpaired) electrons. The number of hydrogen-bond acceptors (Lipinski definition) is 0. The second-order valence-electron chi connectivity index (χ2n) is 7.73. The van der Waals surface area contributed by atoms with Crippen LogP contribution in [-0.4, -0.2) is 8.80 Å². The summed E-state index contributed by atoms with van der Waals surface area (Å²) in [5.41, 5.74) is 1.81. The van der Waals surface area contributed by atoms with Crippen LogP contribution in [0.3, 0.4) is 0 Å². The van der Waals surface area contributed by atoms with E-state index in [-0.39, 0.29) is 5.82 Å². The largest absolute Gasteiger partial charge is 0.207 e. The minimum Gasteiger partial charge on any atom is -0.207 e. The lowest BCUT2D eigenvalue weighted by molar-refractivity contribution is 0.174. The van der Waals surface area contributed by atoms with Crippen LogP contribution in [0.2, 0.25) is 18.1 Å². The van der Waals surface area contributed by atoms with Gasteiger partial charge in [-0.05, 0) is 41.9 Å². The Morgan fingerprint density at radius 2 is 1.68 bits per heavy atom. The number of hydrogen-bond donors (Lipinski definition) is 0. The molecular weight excluding hydrogens is 287 g/mol. The molecule has 2 aliphatic rings. The molecule has 0 N–H and O–H groups in total. The third-order valence-electron chi connectivity index (χ3n) is 6.49. The summed E-state index contributed by atoms with van der Waals surface area (Å²) in [6, 6.07) is 12.2. The molecule has 0 atom stereocenters. The van der Waals surface area contributed by atoms with E-state index in [4.69, 9.17) is 0 Å². The highest BCUT2D eigenvalue weighted by atomic mass is 28.3. The molecular formula is C20H31FSi. The predicted molar refractivity (Wildman–Crippen MR) is 95.7 cm³/mol. The second-order valence-corrected chi connectivity index (χ2v) is 11.2. The van der Waals surface area contributed by atoms with Crippen molar-refractivity contribution in [2.24, 2.45) is 5.92 Å². The summed E-state index contributed by atoms with van der Waals surface area (Å²) in [4.78, 5) is 0. The zero-order chi connectivity index (χ0) is 15.4. The van der Waals surface area contributed by atoms with Crippen LogP contribution in [0.5, 0.6) is 0 Å². The van der Waals surface area contributed by atoms with Crippen molar-refractivity contribution in [3.05, 3.63) is 35.6 Å². The Hall–Kier alpha value is -0.633. The van der Waals surface area contributed by atoms with Crippen molar-refractivity contribution in [2.45, 2.75) is 81.8 Å².